The summed E-state index contributed by atoms with van der Waals surface area (Å²) in [6, 6.07) is 16.3. The molecule has 2 N–H and O–H groups in total. The first kappa shape index (κ1) is 21.8. The first-order valence-corrected chi connectivity index (χ1v) is 11.7. The van der Waals surface area contributed by atoms with E-state index in [-0.39, 0.29) is 5.97 Å². The van der Waals surface area contributed by atoms with Crippen molar-refractivity contribution in [2.24, 2.45) is 0 Å². The van der Waals surface area contributed by atoms with Gasteiger partial charge in [0.1, 0.15) is 10.4 Å². The Hall–Kier alpha value is -4.05. The Kier molecular flexibility index (Phi) is 5.81. The number of nitrogens with one attached hydrogen (secondary N) is 2. The standard InChI is InChI=1S/C24H23N7O2S/c1-4-25-24-26-19-14(2)34-21(23(32)33-3)20(19)31(24)13-15-9-11-16(12-10-15)17-7-5-6-8-18(17)22-27-29-30-28-22/h5-12H,4,13H2,1-3H3,(H,25,26)(H,27,28,29,30). The number of fused-ring (bicyclic) bond motifs is 1. The Morgan fingerprint density at radius 1 is 1.15 bits per heavy atom. The monoisotopic (exact) mass is 473 g/mol. The Bertz CT molecular complexity index is 1450. The fraction of sp³-hybridized carbons (Fsp3) is 0.208. The van der Waals surface area contributed by atoms with Crippen molar-refractivity contribution in [3.8, 4) is 22.5 Å². The molecule has 0 spiro atoms. The van der Waals surface area contributed by atoms with Crippen LogP contribution in [0.4, 0.5) is 5.95 Å². The number of hydrogen-bond donors (Lipinski definition) is 2. The minimum Gasteiger partial charge on any atom is -0.465 e. The molecule has 2 aromatic carbocycles. The number of methoxy groups -OCH3 is 1. The van der Waals surface area contributed by atoms with Gasteiger partial charge in [0.15, 0.2) is 5.82 Å². The van der Waals surface area contributed by atoms with Crippen LogP contribution in [-0.2, 0) is 11.3 Å². The number of imidazole rings is 1. The summed E-state index contributed by atoms with van der Waals surface area (Å²) in [6.07, 6.45) is 0. The Labute approximate surface area is 199 Å². The van der Waals surface area contributed by atoms with Crippen LogP contribution in [0.2, 0.25) is 0 Å². The van der Waals surface area contributed by atoms with Gasteiger partial charge in [0.05, 0.1) is 19.2 Å². The highest BCUT2D eigenvalue weighted by molar-refractivity contribution is 7.15. The molecule has 0 aliphatic carbocycles. The lowest BCUT2D eigenvalue weighted by Gasteiger charge is -2.12. The van der Waals surface area contributed by atoms with Crippen LogP contribution in [-0.4, -0.2) is 49.8 Å². The molecule has 0 aliphatic rings. The molecule has 5 aromatic rings. The number of hydrogen-bond acceptors (Lipinski definition) is 8. The molecular weight excluding hydrogens is 450 g/mol. The summed E-state index contributed by atoms with van der Waals surface area (Å²) in [5.74, 6) is 1.01. The zero-order valence-electron chi connectivity index (χ0n) is 19.0. The number of aromatic amines is 1. The van der Waals surface area contributed by atoms with E-state index in [0.717, 1.165) is 50.7 Å². The maximum absolute atomic E-state index is 12.5. The fourth-order valence-electron chi connectivity index (χ4n) is 4.04. The number of rotatable bonds is 7. The SMILES string of the molecule is CCNc1nc2c(C)sc(C(=O)OC)c2n1Cc1ccc(-c2ccccc2-c2nnn[nH]2)cc1. The molecule has 0 saturated carbocycles. The van der Waals surface area contributed by atoms with Gasteiger partial charge in [-0.3, -0.25) is 0 Å². The predicted octanol–water partition coefficient (Wildman–Crippen LogP) is 4.52. The van der Waals surface area contributed by atoms with E-state index in [1.165, 1.54) is 18.4 Å². The van der Waals surface area contributed by atoms with Gasteiger partial charge < -0.3 is 14.6 Å². The van der Waals surface area contributed by atoms with Crippen molar-refractivity contribution in [1.82, 2.24) is 30.2 Å². The van der Waals surface area contributed by atoms with Crippen molar-refractivity contribution in [2.45, 2.75) is 20.4 Å². The van der Waals surface area contributed by atoms with Crippen LogP contribution in [0.15, 0.2) is 48.5 Å². The minimum absolute atomic E-state index is 0.346. The van der Waals surface area contributed by atoms with Crippen LogP contribution < -0.4 is 5.32 Å². The normalized spacial score (nSPS) is 11.1. The highest BCUT2D eigenvalue weighted by Crippen LogP contribution is 2.35. The lowest BCUT2D eigenvalue weighted by atomic mass is 9.98. The van der Waals surface area contributed by atoms with Crippen molar-refractivity contribution >= 4 is 34.3 Å². The molecule has 172 valence electrons. The molecule has 0 unspecified atom stereocenters. The van der Waals surface area contributed by atoms with Crippen LogP contribution in [0.3, 0.4) is 0 Å². The Balaban J connectivity index is 1.52. The first-order chi connectivity index (χ1) is 16.6. The molecule has 34 heavy (non-hydrogen) atoms. The maximum atomic E-state index is 12.5. The van der Waals surface area contributed by atoms with E-state index >= 15 is 0 Å². The van der Waals surface area contributed by atoms with Crippen LogP contribution in [0.25, 0.3) is 33.5 Å². The number of carbonyl (C=O) groups is 1. The smallest absolute Gasteiger partial charge is 0.350 e. The second-order valence-corrected chi connectivity index (χ2v) is 8.95. The average Bonchev–Trinajstić information content (AvgIpc) is 3.59. The first-order valence-electron chi connectivity index (χ1n) is 10.8. The van der Waals surface area contributed by atoms with Gasteiger partial charge in [-0.2, -0.15) is 0 Å². The lowest BCUT2D eigenvalue weighted by molar-refractivity contribution is 0.0608. The highest BCUT2D eigenvalue weighted by Gasteiger charge is 2.23. The quantitative estimate of drug-likeness (QED) is 0.334. The average molecular weight is 474 g/mol. The third-order valence-electron chi connectivity index (χ3n) is 5.61. The molecule has 3 aromatic heterocycles. The number of carbonyl (C=O) groups excluding carboxylic acids is 1. The largest absolute Gasteiger partial charge is 0.465 e. The van der Waals surface area contributed by atoms with Crippen LogP contribution in [0.5, 0.6) is 0 Å². The molecule has 0 atom stereocenters. The number of H-pyrrole nitrogens is 1. The second kappa shape index (κ2) is 9.06. The summed E-state index contributed by atoms with van der Waals surface area (Å²) in [5, 5.41) is 17.6. The molecule has 0 amide bonds. The maximum Gasteiger partial charge on any atom is 0.350 e. The van der Waals surface area contributed by atoms with Crippen molar-refractivity contribution in [2.75, 3.05) is 19.0 Å². The van der Waals surface area contributed by atoms with Gasteiger partial charge >= 0.3 is 5.97 Å². The molecule has 0 aliphatic heterocycles. The van der Waals surface area contributed by atoms with E-state index in [4.69, 9.17) is 9.72 Å². The third-order valence-corrected chi connectivity index (χ3v) is 6.67. The van der Waals surface area contributed by atoms with Gasteiger partial charge in [0.25, 0.3) is 0 Å². The molecule has 3 heterocycles. The summed E-state index contributed by atoms with van der Waals surface area (Å²) in [5.41, 5.74) is 5.74. The molecule has 0 radical (unpaired) electrons. The van der Waals surface area contributed by atoms with Gasteiger partial charge in [0.2, 0.25) is 5.95 Å². The van der Waals surface area contributed by atoms with Crippen molar-refractivity contribution in [3.63, 3.8) is 0 Å². The van der Waals surface area contributed by atoms with Gasteiger partial charge in [-0.25, -0.2) is 14.9 Å². The topological polar surface area (TPSA) is 111 Å². The number of anilines is 1. The minimum atomic E-state index is -0.346. The van der Waals surface area contributed by atoms with Crippen LogP contribution in [0.1, 0.15) is 27.0 Å². The fourth-order valence-corrected chi connectivity index (χ4v) is 5.06. The van der Waals surface area contributed by atoms with Crippen molar-refractivity contribution in [1.29, 1.82) is 0 Å². The van der Waals surface area contributed by atoms with E-state index in [9.17, 15) is 4.79 Å². The number of aromatic nitrogens is 6. The number of esters is 1. The molecular formula is C24H23N7O2S. The van der Waals surface area contributed by atoms with E-state index in [1.54, 1.807) is 0 Å². The number of benzene rings is 2. The number of tetrazole rings is 1. The van der Waals surface area contributed by atoms with E-state index in [0.29, 0.717) is 17.2 Å². The molecule has 0 bridgehead atoms. The third kappa shape index (κ3) is 3.81. The number of aryl methyl sites for hydroxylation is 1. The van der Waals surface area contributed by atoms with Crippen LogP contribution >= 0.6 is 11.3 Å². The van der Waals surface area contributed by atoms with Gasteiger partial charge in [-0.1, -0.05) is 48.5 Å². The molecule has 0 fully saturated rings. The van der Waals surface area contributed by atoms with E-state index < -0.39 is 0 Å². The van der Waals surface area contributed by atoms with E-state index in [1.807, 2.05) is 38.1 Å². The number of nitrogens with zero attached hydrogens (tertiary/aromatic N) is 5. The predicted molar refractivity (Wildman–Crippen MR) is 132 cm³/mol. The summed E-state index contributed by atoms with van der Waals surface area (Å²) in [6.45, 7) is 5.29. The molecule has 5 rings (SSSR count). The van der Waals surface area contributed by atoms with Gasteiger partial charge in [0, 0.05) is 17.0 Å². The van der Waals surface area contributed by atoms with Gasteiger partial charge in [-0.05, 0) is 41.0 Å². The summed E-state index contributed by atoms with van der Waals surface area (Å²) in [4.78, 5) is 18.8. The summed E-state index contributed by atoms with van der Waals surface area (Å²) >= 11 is 1.41. The van der Waals surface area contributed by atoms with Gasteiger partial charge in [-0.15, -0.1) is 16.4 Å². The van der Waals surface area contributed by atoms with Crippen LogP contribution in [0, 0.1) is 6.92 Å². The second-order valence-electron chi connectivity index (χ2n) is 7.72. The van der Waals surface area contributed by atoms with Crippen molar-refractivity contribution < 1.29 is 9.53 Å². The molecule has 0 saturated heterocycles. The lowest BCUT2D eigenvalue weighted by Crippen LogP contribution is -2.10. The number of thiophene rings is 1. The number of ether oxygens (including phenoxy) is 1. The highest BCUT2D eigenvalue weighted by atomic mass is 32.1. The Morgan fingerprint density at radius 3 is 2.59 bits per heavy atom. The summed E-state index contributed by atoms with van der Waals surface area (Å²) < 4.78 is 7.09. The Morgan fingerprint density at radius 2 is 1.91 bits per heavy atom. The summed E-state index contributed by atoms with van der Waals surface area (Å²) in [7, 11) is 1.40. The zero-order valence-corrected chi connectivity index (χ0v) is 19.8. The molecule has 9 nitrogen and oxygen atoms in total. The molecule has 10 heteroatoms. The zero-order chi connectivity index (χ0) is 23.7. The van der Waals surface area contributed by atoms with Crippen molar-refractivity contribution in [3.05, 3.63) is 63.8 Å². The van der Waals surface area contributed by atoms with E-state index in [2.05, 4.69) is 54.8 Å².